The molecule has 0 aromatic carbocycles. The summed E-state index contributed by atoms with van der Waals surface area (Å²) >= 11 is 1.24. The largest absolute Gasteiger partial charge is 0.773 e. The third-order valence-corrected chi connectivity index (χ3v) is 4.25. The molecule has 1 atom stereocenters. The van der Waals surface area contributed by atoms with E-state index in [2.05, 4.69) is 15.0 Å². The molecule has 0 radical (unpaired) electrons. The average molecular weight is 234 g/mol. The van der Waals surface area contributed by atoms with Gasteiger partial charge in [-0.25, -0.2) is 0 Å². The molecule has 76 valence electrons. The van der Waals surface area contributed by atoms with Crippen LogP contribution in [-0.4, -0.2) is 22.1 Å². The van der Waals surface area contributed by atoms with E-state index in [1.165, 1.54) is 25.9 Å². The Kier molecular flexibility index (Phi) is 2.15. The first-order valence-electron chi connectivity index (χ1n) is 3.63. The smallest absolute Gasteiger partial charge is 0.345 e. The van der Waals surface area contributed by atoms with E-state index in [-0.39, 0.29) is 5.44 Å². The van der Waals surface area contributed by atoms with E-state index in [4.69, 9.17) is 0 Å². The van der Waals surface area contributed by atoms with Crippen LogP contribution in [-0.2, 0) is 16.1 Å². The number of nitrogens with zero attached hydrogens (tertiary/aromatic N) is 4. The fraction of sp³-hybridized carbons (Fsp3) is 0.400. The maximum absolute atomic E-state index is 11.4. The van der Waals surface area contributed by atoms with Crippen LogP contribution in [0.3, 0.4) is 0 Å². The summed E-state index contributed by atoms with van der Waals surface area (Å²) in [6, 6.07) is 0. The molecule has 1 unspecified atom stereocenters. The molecular weight excluding hydrogens is 227 g/mol. The predicted molar refractivity (Wildman–Crippen MR) is 46.3 cm³/mol. The minimum atomic E-state index is -4.00. The minimum absolute atomic E-state index is 0.0214. The molecule has 0 saturated heterocycles. The zero-order valence-electron chi connectivity index (χ0n) is 7.45. The van der Waals surface area contributed by atoms with E-state index in [1.807, 2.05) is 0 Å². The maximum atomic E-state index is 11.4. The molecule has 2 aromatic heterocycles. The molecule has 2 rings (SSSR count). The highest BCUT2D eigenvalue weighted by molar-refractivity contribution is 7.60. The second kappa shape index (κ2) is 3.09. The lowest BCUT2D eigenvalue weighted by Crippen LogP contribution is -2.29. The summed E-state index contributed by atoms with van der Waals surface area (Å²) in [5.74, 6) is 0. The number of thiazole rings is 1. The molecule has 0 saturated carbocycles. The Bertz CT molecular complexity index is 520. The number of hydrogen-bond donors (Lipinski definition) is 0. The Hall–Kier alpha value is -0.820. The Balaban J connectivity index is 2.70. The third kappa shape index (κ3) is 1.27. The standard InChI is InChI=1S/C5H7N4O3PS/c1-8-5-9(7-6-8)4(3-14-5)13(10,11)12-2/h3H,1-2H3. The van der Waals surface area contributed by atoms with Crippen molar-refractivity contribution < 1.29 is 18.7 Å². The zero-order valence-corrected chi connectivity index (χ0v) is 9.16. The van der Waals surface area contributed by atoms with Gasteiger partial charge in [-0.05, 0) is 4.52 Å². The first-order chi connectivity index (χ1) is 6.56. The van der Waals surface area contributed by atoms with Crippen LogP contribution in [0.2, 0.25) is 0 Å². The van der Waals surface area contributed by atoms with Gasteiger partial charge >= 0.3 is 4.96 Å². The Morgan fingerprint density at radius 2 is 2.50 bits per heavy atom. The average Bonchev–Trinajstić information content (AvgIpc) is 2.69. The molecule has 0 amide bonds. The number of rotatable bonds is 2. The fourth-order valence-corrected chi connectivity index (χ4v) is 3.04. The first-order valence-corrected chi connectivity index (χ1v) is 6.05. The van der Waals surface area contributed by atoms with E-state index in [0.29, 0.717) is 4.96 Å². The van der Waals surface area contributed by atoms with Gasteiger partial charge in [0.25, 0.3) is 0 Å². The lowest BCUT2D eigenvalue weighted by atomic mass is 11.0. The van der Waals surface area contributed by atoms with Crippen molar-refractivity contribution in [2.24, 2.45) is 7.05 Å². The van der Waals surface area contributed by atoms with Gasteiger partial charge < -0.3 is 14.0 Å². The Labute approximate surface area is 83.1 Å². The summed E-state index contributed by atoms with van der Waals surface area (Å²) in [6.45, 7) is 0. The van der Waals surface area contributed by atoms with E-state index < -0.39 is 7.60 Å². The van der Waals surface area contributed by atoms with Crippen molar-refractivity contribution in [3.63, 3.8) is 0 Å². The van der Waals surface area contributed by atoms with Crippen molar-refractivity contribution >= 4 is 29.3 Å². The summed E-state index contributed by atoms with van der Waals surface area (Å²) in [5.41, 5.74) is 0.0214. The first kappa shape index (κ1) is 9.72. The normalized spacial score (nSPS) is 15.9. The van der Waals surface area contributed by atoms with Gasteiger partial charge in [0.2, 0.25) is 13.0 Å². The van der Waals surface area contributed by atoms with Crippen molar-refractivity contribution in [3.05, 3.63) is 5.38 Å². The van der Waals surface area contributed by atoms with Crippen LogP contribution in [0.15, 0.2) is 5.38 Å². The predicted octanol–water partition coefficient (Wildman–Crippen LogP) is -1.56. The van der Waals surface area contributed by atoms with Gasteiger partial charge in [-0.1, -0.05) is 11.3 Å². The van der Waals surface area contributed by atoms with Gasteiger partial charge in [0.1, 0.15) is 5.21 Å². The lowest BCUT2D eigenvalue weighted by molar-refractivity contribution is -0.705. The maximum Gasteiger partial charge on any atom is 0.345 e. The van der Waals surface area contributed by atoms with Crippen molar-refractivity contribution in [3.8, 4) is 0 Å². The molecule has 0 bridgehead atoms. The SMILES string of the molecule is COP(=O)([O-])c1csc2n1nn[n+]2C. The van der Waals surface area contributed by atoms with Crippen molar-refractivity contribution in [2.75, 3.05) is 7.11 Å². The summed E-state index contributed by atoms with van der Waals surface area (Å²) in [5, 5.41) is 8.84. The Morgan fingerprint density at radius 3 is 3.14 bits per heavy atom. The summed E-state index contributed by atoms with van der Waals surface area (Å²) < 4.78 is 18.5. The van der Waals surface area contributed by atoms with Crippen molar-refractivity contribution in [2.45, 2.75) is 0 Å². The molecule has 7 nitrogen and oxygen atoms in total. The second-order valence-electron chi connectivity index (χ2n) is 2.57. The molecule has 2 aromatic rings. The fourth-order valence-electron chi connectivity index (χ4n) is 1.01. The summed E-state index contributed by atoms with van der Waals surface area (Å²) in [4.78, 5) is 12.0. The topological polar surface area (TPSA) is 83.4 Å². The van der Waals surface area contributed by atoms with E-state index in [9.17, 15) is 9.46 Å². The number of tetrazole rings is 1. The van der Waals surface area contributed by atoms with Crippen LogP contribution in [0.4, 0.5) is 0 Å². The zero-order chi connectivity index (χ0) is 10.3. The number of hydrogen-bond acceptors (Lipinski definition) is 6. The van der Waals surface area contributed by atoms with Crippen LogP contribution in [0.1, 0.15) is 0 Å². The monoisotopic (exact) mass is 234 g/mol. The molecule has 9 heteroatoms. The quantitative estimate of drug-likeness (QED) is 0.463. The van der Waals surface area contributed by atoms with Crippen molar-refractivity contribution in [1.82, 2.24) is 14.9 Å². The molecule has 0 aliphatic rings. The number of aromatic nitrogens is 4. The number of aryl methyl sites for hydroxylation is 1. The van der Waals surface area contributed by atoms with Crippen molar-refractivity contribution in [1.29, 1.82) is 0 Å². The highest BCUT2D eigenvalue weighted by Crippen LogP contribution is 2.34. The van der Waals surface area contributed by atoms with Gasteiger partial charge in [0.05, 0.1) is 7.05 Å². The molecule has 2 heterocycles. The van der Waals surface area contributed by atoms with E-state index in [0.717, 1.165) is 7.11 Å². The second-order valence-corrected chi connectivity index (χ2v) is 5.23. The third-order valence-electron chi connectivity index (χ3n) is 1.73. The molecule has 0 fully saturated rings. The van der Waals surface area contributed by atoms with Gasteiger partial charge in [-0.2, -0.15) is 0 Å². The number of fused-ring (bicyclic) bond motifs is 1. The molecule has 14 heavy (non-hydrogen) atoms. The van der Waals surface area contributed by atoms with E-state index in [1.54, 1.807) is 7.05 Å². The van der Waals surface area contributed by atoms with Crippen LogP contribution < -0.4 is 15.0 Å². The molecule has 0 aliphatic carbocycles. The van der Waals surface area contributed by atoms with Crippen LogP contribution in [0, 0.1) is 0 Å². The van der Waals surface area contributed by atoms with Crippen LogP contribution >= 0.6 is 18.9 Å². The highest BCUT2D eigenvalue weighted by atomic mass is 32.1. The van der Waals surface area contributed by atoms with Crippen LogP contribution in [0.25, 0.3) is 4.96 Å². The van der Waals surface area contributed by atoms with Gasteiger partial charge in [0.15, 0.2) is 5.21 Å². The van der Waals surface area contributed by atoms with Crippen LogP contribution in [0.5, 0.6) is 0 Å². The highest BCUT2D eigenvalue weighted by Gasteiger charge is 2.25. The molecule has 0 aliphatic heterocycles. The van der Waals surface area contributed by atoms with Gasteiger partial charge in [-0.3, -0.25) is 0 Å². The van der Waals surface area contributed by atoms with Gasteiger partial charge in [0, 0.05) is 12.5 Å². The van der Waals surface area contributed by atoms with E-state index >= 15 is 0 Å². The summed E-state index contributed by atoms with van der Waals surface area (Å²) in [6.07, 6.45) is 0. The molecule has 0 N–H and O–H groups in total. The van der Waals surface area contributed by atoms with Gasteiger partial charge in [-0.15, -0.1) is 4.68 Å². The molecular formula is C5H7N4O3PS. The summed E-state index contributed by atoms with van der Waals surface area (Å²) in [7, 11) is -1.20. The Morgan fingerprint density at radius 1 is 1.79 bits per heavy atom. The lowest BCUT2D eigenvalue weighted by Gasteiger charge is -2.15. The minimum Gasteiger partial charge on any atom is -0.773 e. The molecule has 0 spiro atoms.